The largest absolute Gasteiger partial charge is 0.444 e. The smallest absolute Gasteiger partial charge is 0.407 e. The van der Waals surface area contributed by atoms with Gasteiger partial charge in [0.05, 0.1) is 5.60 Å². The maximum absolute atomic E-state index is 11.5. The fraction of sp³-hybridized carbons (Fsp3) is 0.867. The Balaban J connectivity index is 0.00000484. The van der Waals surface area contributed by atoms with E-state index in [1.807, 2.05) is 20.8 Å². The fourth-order valence-electron chi connectivity index (χ4n) is 2.13. The third-order valence-electron chi connectivity index (χ3n) is 3.24. The molecule has 136 valence electrons. The van der Waals surface area contributed by atoms with Crippen molar-refractivity contribution in [1.82, 2.24) is 16.0 Å². The molecular formula is C15H31IN4O3. The number of amides is 1. The molecule has 0 radical (unpaired) electrons. The van der Waals surface area contributed by atoms with Gasteiger partial charge in [0.25, 0.3) is 0 Å². The van der Waals surface area contributed by atoms with Crippen LogP contribution < -0.4 is 16.0 Å². The Morgan fingerprint density at radius 1 is 1.26 bits per heavy atom. The SMILES string of the molecule is CN=C(NCCNC(=O)OC(C)(C)C)NCC1(C)CCCO1.I. The summed E-state index contributed by atoms with van der Waals surface area (Å²) in [7, 11) is 1.72. The van der Waals surface area contributed by atoms with Crippen LogP contribution in [0.4, 0.5) is 4.79 Å². The highest BCUT2D eigenvalue weighted by molar-refractivity contribution is 14.0. The lowest BCUT2D eigenvalue weighted by atomic mass is 10.0. The minimum Gasteiger partial charge on any atom is -0.444 e. The molecule has 1 atom stereocenters. The van der Waals surface area contributed by atoms with E-state index in [9.17, 15) is 4.79 Å². The summed E-state index contributed by atoms with van der Waals surface area (Å²) in [6, 6.07) is 0. The van der Waals surface area contributed by atoms with E-state index in [0.717, 1.165) is 19.4 Å². The molecule has 1 aliphatic rings. The Morgan fingerprint density at radius 3 is 2.43 bits per heavy atom. The molecule has 0 bridgehead atoms. The number of carbonyl (C=O) groups is 1. The Hall–Kier alpha value is -0.770. The second kappa shape index (κ2) is 10.2. The predicted molar refractivity (Wildman–Crippen MR) is 103 cm³/mol. The number of aliphatic imine (C=N–C) groups is 1. The van der Waals surface area contributed by atoms with E-state index in [1.165, 1.54) is 0 Å². The van der Waals surface area contributed by atoms with E-state index in [4.69, 9.17) is 9.47 Å². The first kappa shape index (κ1) is 22.2. The number of halogens is 1. The van der Waals surface area contributed by atoms with Crippen LogP contribution in [0.1, 0.15) is 40.5 Å². The zero-order valence-electron chi connectivity index (χ0n) is 14.8. The summed E-state index contributed by atoms with van der Waals surface area (Å²) in [5.74, 6) is 0.697. The summed E-state index contributed by atoms with van der Waals surface area (Å²) in [5.41, 5.74) is -0.599. The highest BCUT2D eigenvalue weighted by Gasteiger charge is 2.29. The first-order chi connectivity index (χ1) is 10.2. The number of nitrogens with zero attached hydrogens (tertiary/aromatic N) is 1. The van der Waals surface area contributed by atoms with Gasteiger partial charge in [-0.15, -0.1) is 24.0 Å². The van der Waals surface area contributed by atoms with Crippen molar-refractivity contribution in [3.05, 3.63) is 0 Å². The average molecular weight is 442 g/mol. The molecule has 0 aromatic rings. The predicted octanol–water partition coefficient (Wildman–Crippen LogP) is 1.86. The first-order valence-electron chi connectivity index (χ1n) is 7.79. The van der Waals surface area contributed by atoms with E-state index in [-0.39, 0.29) is 29.6 Å². The third kappa shape index (κ3) is 9.85. The maximum atomic E-state index is 11.5. The van der Waals surface area contributed by atoms with Crippen molar-refractivity contribution in [2.45, 2.75) is 51.7 Å². The van der Waals surface area contributed by atoms with Crippen LogP contribution in [-0.2, 0) is 9.47 Å². The normalized spacial score (nSPS) is 21.3. The van der Waals surface area contributed by atoms with Crippen molar-refractivity contribution in [2.24, 2.45) is 4.99 Å². The zero-order valence-corrected chi connectivity index (χ0v) is 17.2. The Bertz CT molecular complexity index is 391. The monoisotopic (exact) mass is 442 g/mol. The first-order valence-corrected chi connectivity index (χ1v) is 7.79. The molecule has 7 nitrogen and oxygen atoms in total. The van der Waals surface area contributed by atoms with E-state index in [1.54, 1.807) is 7.05 Å². The van der Waals surface area contributed by atoms with Crippen molar-refractivity contribution in [2.75, 3.05) is 33.3 Å². The number of hydrogen-bond donors (Lipinski definition) is 3. The molecule has 1 unspecified atom stereocenters. The highest BCUT2D eigenvalue weighted by atomic mass is 127. The number of hydrogen-bond acceptors (Lipinski definition) is 4. The second-order valence-corrected chi connectivity index (χ2v) is 6.68. The van der Waals surface area contributed by atoms with E-state index >= 15 is 0 Å². The molecule has 0 aliphatic carbocycles. The van der Waals surface area contributed by atoms with Crippen LogP contribution in [-0.4, -0.2) is 56.5 Å². The molecule has 3 N–H and O–H groups in total. The number of nitrogens with one attached hydrogen (secondary N) is 3. The summed E-state index contributed by atoms with van der Waals surface area (Å²) >= 11 is 0. The van der Waals surface area contributed by atoms with Crippen LogP contribution in [0, 0.1) is 0 Å². The van der Waals surface area contributed by atoms with Crippen molar-refractivity contribution in [3.8, 4) is 0 Å². The number of rotatable bonds is 5. The number of ether oxygens (including phenoxy) is 2. The highest BCUT2D eigenvalue weighted by Crippen LogP contribution is 2.23. The molecule has 0 aromatic carbocycles. The molecule has 0 aromatic heterocycles. The van der Waals surface area contributed by atoms with Crippen LogP contribution in [0.3, 0.4) is 0 Å². The van der Waals surface area contributed by atoms with Crippen molar-refractivity contribution >= 4 is 36.0 Å². The van der Waals surface area contributed by atoms with Crippen molar-refractivity contribution < 1.29 is 14.3 Å². The average Bonchev–Trinajstić information content (AvgIpc) is 2.83. The van der Waals surface area contributed by atoms with E-state index in [2.05, 4.69) is 27.9 Å². The minimum atomic E-state index is -0.480. The van der Waals surface area contributed by atoms with Gasteiger partial charge in [-0.3, -0.25) is 4.99 Å². The lowest BCUT2D eigenvalue weighted by Crippen LogP contribution is -2.47. The number of carbonyl (C=O) groups excluding carboxylic acids is 1. The number of alkyl carbamates (subject to hydrolysis) is 1. The molecule has 1 rings (SSSR count). The summed E-state index contributed by atoms with van der Waals surface area (Å²) in [6.07, 6.45) is 1.74. The summed E-state index contributed by atoms with van der Waals surface area (Å²) in [4.78, 5) is 15.6. The standard InChI is InChI=1S/C15H30N4O3.HI/c1-14(2,3)22-13(20)18-9-8-17-12(16-5)19-11-15(4)7-6-10-21-15;/h6-11H2,1-5H3,(H,18,20)(H2,16,17,19);1H. The quantitative estimate of drug-likeness (QED) is 0.262. The lowest BCUT2D eigenvalue weighted by Gasteiger charge is -2.24. The van der Waals surface area contributed by atoms with Gasteiger partial charge in [-0.1, -0.05) is 0 Å². The molecule has 1 heterocycles. The van der Waals surface area contributed by atoms with Crippen LogP contribution in [0.15, 0.2) is 4.99 Å². The molecule has 8 heteroatoms. The zero-order chi connectivity index (χ0) is 16.6. The van der Waals surface area contributed by atoms with Crippen LogP contribution in [0.5, 0.6) is 0 Å². The van der Waals surface area contributed by atoms with Gasteiger partial charge >= 0.3 is 6.09 Å². The van der Waals surface area contributed by atoms with E-state index in [0.29, 0.717) is 25.6 Å². The van der Waals surface area contributed by atoms with Crippen LogP contribution in [0.25, 0.3) is 0 Å². The molecule has 0 spiro atoms. The molecule has 0 saturated carbocycles. The Kier molecular flexibility index (Phi) is 9.83. The molecule has 1 fully saturated rings. The summed E-state index contributed by atoms with van der Waals surface area (Å²) in [6.45, 7) is 10.2. The fourth-order valence-corrected chi connectivity index (χ4v) is 2.13. The molecule has 1 aliphatic heterocycles. The molecule has 23 heavy (non-hydrogen) atoms. The summed E-state index contributed by atoms with van der Waals surface area (Å²) < 4.78 is 10.9. The Morgan fingerprint density at radius 2 is 1.91 bits per heavy atom. The topological polar surface area (TPSA) is 84.0 Å². The van der Waals surface area contributed by atoms with Gasteiger partial charge in [-0.25, -0.2) is 4.79 Å². The molecule has 1 amide bonds. The van der Waals surface area contributed by atoms with Crippen LogP contribution >= 0.6 is 24.0 Å². The Labute approximate surface area is 156 Å². The van der Waals surface area contributed by atoms with Crippen molar-refractivity contribution in [1.29, 1.82) is 0 Å². The van der Waals surface area contributed by atoms with Gasteiger partial charge in [0, 0.05) is 33.3 Å². The van der Waals surface area contributed by atoms with E-state index < -0.39 is 11.7 Å². The molecular weight excluding hydrogens is 411 g/mol. The summed E-state index contributed by atoms with van der Waals surface area (Å²) in [5, 5.41) is 9.08. The number of guanidine groups is 1. The lowest BCUT2D eigenvalue weighted by molar-refractivity contribution is 0.0243. The van der Waals surface area contributed by atoms with Crippen LogP contribution in [0.2, 0.25) is 0 Å². The van der Waals surface area contributed by atoms with Gasteiger partial charge in [0.2, 0.25) is 0 Å². The second-order valence-electron chi connectivity index (χ2n) is 6.68. The van der Waals surface area contributed by atoms with Gasteiger partial charge in [-0.05, 0) is 40.5 Å². The minimum absolute atomic E-state index is 0. The maximum Gasteiger partial charge on any atom is 0.407 e. The van der Waals surface area contributed by atoms with Gasteiger partial charge < -0.3 is 25.4 Å². The molecule has 1 saturated heterocycles. The van der Waals surface area contributed by atoms with Gasteiger partial charge in [0.1, 0.15) is 5.60 Å². The van der Waals surface area contributed by atoms with Crippen molar-refractivity contribution in [3.63, 3.8) is 0 Å². The third-order valence-corrected chi connectivity index (χ3v) is 3.24. The van der Waals surface area contributed by atoms with Gasteiger partial charge in [0.15, 0.2) is 5.96 Å². The van der Waals surface area contributed by atoms with Gasteiger partial charge in [-0.2, -0.15) is 0 Å².